The number of carboxylic acids is 1. The summed E-state index contributed by atoms with van der Waals surface area (Å²) in [4.78, 5) is 11.9. The maximum atomic E-state index is 11.9. The molecule has 0 saturated heterocycles. The summed E-state index contributed by atoms with van der Waals surface area (Å²) < 4.78 is 11.0. The predicted octanol–water partition coefficient (Wildman–Crippen LogP) is 3.38. The fourth-order valence-electron chi connectivity index (χ4n) is 3.10. The zero-order valence-electron chi connectivity index (χ0n) is 12.1. The fraction of sp³-hybridized carbons (Fsp3) is 0.562. The molecule has 0 radical (unpaired) electrons. The van der Waals surface area contributed by atoms with Crippen LogP contribution < -0.4 is 9.47 Å². The Labute approximate surface area is 119 Å². The van der Waals surface area contributed by atoms with E-state index in [2.05, 4.69) is 0 Å². The van der Waals surface area contributed by atoms with E-state index in [-0.39, 0.29) is 0 Å². The minimum absolute atomic E-state index is 0.489. The standard InChI is InChI=1S/C16H22O4/c1-3-20-14-12(8-7-9-13(14)19-2)16(15(17)18)10-5-4-6-11-16/h7-9H,3-6,10-11H2,1-2H3,(H,17,18). The largest absolute Gasteiger partial charge is 0.493 e. The van der Waals surface area contributed by atoms with E-state index >= 15 is 0 Å². The first-order chi connectivity index (χ1) is 9.65. The van der Waals surface area contributed by atoms with E-state index in [1.807, 2.05) is 25.1 Å². The van der Waals surface area contributed by atoms with Crippen molar-refractivity contribution in [2.45, 2.75) is 44.4 Å². The molecule has 20 heavy (non-hydrogen) atoms. The van der Waals surface area contributed by atoms with Gasteiger partial charge in [-0.1, -0.05) is 31.4 Å². The molecule has 0 unspecified atom stereocenters. The number of benzene rings is 1. The van der Waals surface area contributed by atoms with Gasteiger partial charge in [0.15, 0.2) is 11.5 Å². The average molecular weight is 278 g/mol. The number of hydrogen-bond donors (Lipinski definition) is 1. The van der Waals surface area contributed by atoms with Gasteiger partial charge in [-0.3, -0.25) is 4.79 Å². The second kappa shape index (κ2) is 6.16. The summed E-state index contributed by atoms with van der Waals surface area (Å²) in [5, 5.41) is 9.80. The Morgan fingerprint density at radius 2 is 2.00 bits per heavy atom. The van der Waals surface area contributed by atoms with E-state index in [9.17, 15) is 9.90 Å². The van der Waals surface area contributed by atoms with Crippen LogP contribution in [0, 0.1) is 0 Å². The van der Waals surface area contributed by atoms with Gasteiger partial charge >= 0.3 is 5.97 Å². The van der Waals surface area contributed by atoms with E-state index < -0.39 is 11.4 Å². The highest BCUT2D eigenvalue weighted by molar-refractivity contribution is 5.83. The Balaban J connectivity index is 2.55. The molecule has 1 aromatic carbocycles. The van der Waals surface area contributed by atoms with Crippen LogP contribution in [0.2, 0.25) is 0 Å². The average Bonchev–Trinajstić information content (AvgIpc) is 2.48. The summed E-state index contributed by atoms with van der Waals surface area (Å²) in [6.45, 7) is 2.38. The first-order valence-corrected chi connectivity index (χ1v) is 7.19. The monoisotopic (exact) mass is 278 g/mol. The van der Waals surface area contributed by atoms with Crippen LogP contribution in [0.1, 0.15) is 44.6 Å². The molecule has 0 aromatic heterocycles. The van der Waals surface area contributed by atoms with Crippen LogP contribution in [0.5, 0.6) is 11.5 Å². The summed E-state index contributed by atoms with van der Waals surface area (Å²) in [7, 11) is 1.58. The molecule has 0 aliphatic heterocycles. The van der Waals surface area contributed by atoms with Crippen LogP contribution in [0.25, 0.3) is 0 Å². The molecule has 0 spiro atoms. The van der Waals surface area contributed by atoms with Gasteiger partial charge in [0.1, 0.15) is 0 Å². The lowest BCUT2D eigenvalue weighted by atomic mass is 9.69. The van der Waals surface area contributed by atoms with E-state index in [0.717, 1.165) is 24.8 Å². The van der Waals surface area contributed by atoms with Gasteiger partial charge in [0.05, 0.1) is 19.1 Å². The number of ether oxygens (including phenoxy) is 2. The minimum Gasteiger partial charge on any atom is -0.493 e. The molecule has 1 aliphatic carbocycles. The molecule has 110 valence electrons. The molecule has 0 amide bonds. The molecule has 0 heterocycles. The van der Waals surface area contributed by atoms with Crippen molar-refractivity contribution in [3.8, 4) is 11.5 Å². The van der Waals surface area contributed by atoms with Crippen molar-refractivity contribution in [2.75, 3.05) is 13.7 Å². The predicted molar refractivity (Wildman–Crippen MR) is 76.6 cm³/mol. The van der Waals surface area contributed by atoms with Gasteiger partial charge in [0.2, 0.25) is 0 Å². The van der Waals surface area contributed by atoms with Gasteiger partial charge in [-0.05, 0) is 25.8 Å². The summed E-state index contributed by atoms with van der Waals surface area (Å²) in [6.07, 6.45) is 4.30. The third-order valence-electron chi connectivity index (χ3n) is 4.12. The fourth-order valence-corrected chi connectivity index (χ4v) is 3.10. The van der Waals surface area contributed by atoms with Gasteiger partial charge in [-0.25, -0.2) is 0 Å². The maximum Gasteiger partial charge on any atom is 0.314 e. The Morgan fingerprint density at radius 3 is 2.55 bits per heavy atom. The van der Waals surface area contributed by atoms with E-state index in [1.165, 1.54) is 0 Å². The molecule has 0 bridgehead atoms. The highest BCUT2D eigenvalue weighted by atomic mass is 16.5. The molecule has 4 nitrogen and oxygen atoms in total. The lowest BCUT2D eigenvalue weighted by molar-refractivity contribution is -0.145. The second-order valence-electron chi connectivity index (χ2n) is 5.22. The molecular formula is C16H22O4. The van der Waals surface area contributed by atoms with Gasteiger partial charge in [0.25, 0.3) is 0 Å². The Bertz CT molecular complexity index is 475. The molecule has 4 heteroatoms. The molecule has 0 atom stereocenters. The van der Waals surface area contributed by atoms with Crippen molar-refractivity contribution < 1.29 is 19.4 Å². The van der Waals surface area contributed by atoms with Crippen molar-refractivity contribution in [2.24, 2.45) is 0 Å². The molecule has 1 saturated carbocycles. The molecule has 1 fully saturated rings. The van der Waals surface area contributed by atoms with Crippen molar-refractivity contribution in [1.29, 1.82) is 0 Å². The molecule has 1 aliphatic rings. The number of para-hydroxylation sites is 1. The zero-order valence-corrected chi connectivity index (χ0v) is 12.1. The van der Waals surface area contributed by atoms with E-state index in [1.54, 1.807) is 7.11 Å². The zero-order chi connectivity index (χ0) is 14.6. The highest BCUT2D eigenvalue weighted by Gasteiger charge is 2.43. The van der Waals surface area contributed by atoms with Crippen LogP contribution in [-0.2, 0) is 10.2 Å². The first kappa shape index (κ1) is 14.7. The number of hydrogen-bond acceptors (Lipinski definition) is 3. The van der Waals surface area contributed by atoms with Gasteiger partial charge in [-0.2, -0.15) is 0 Å². The van der Waals surface area contributed by atoms with E-state index in [0.29, 0.717) is 30.9 Å². The first-order valence-electron chi connectivity index (χ1n) is 7.19. The van der Waals surface area contributed by atoms with Crippen molar-refractivity contribution in [3.63, 3.8) is 0 Å². The SMILES string of the molecule is CCOc1c(OC)cccc1C1(C(=O)O)CCCCC1. The normalized spacial score (nSPS) is 17.5. The number of rotatable bonds is 5. The summed E-state index contributed by atoms with van der Waals surface area (Å²) in [6, 6.07) is 5.52. The van der Waals surface area contributed by atoms with Crippen molar-refractivity contribution >= 4 is 5.97 Å². The Kier molecular flexibility index (Phi) is 4.53. The van der Waals surface area contributed by atoms with Crippen LogP contribution in [0.15, 0.2) is 18.2 Å². The summed E-state index contributed by atoms with van der Waals surface area (Å²) in [5.41, 5.74) is -0.0806. The number of methoxy groups -OCH3 is 1. The molecule has 1 N–H and O–H groups in total. The second-order valence-corrected chi connectivity index (χ2v) is 5.22. The molecule has 2 rings (SSSR count). The summed E-state index contributed by atoms with van der Waals surface area (Å²) in [5.74, 6) is 0.434. The highest BCUT2D eigenvalue weighted by Crippen LogP contribution is 2.46. The maximum absolute atomic E-state index is 11.9. The third-order valence-corrected chi connectivity index (χ3v) is 4.12. The van der Waals surface area contributed by atoms with Crippen molar-refractivity contribution in [1.82, 2.24) is 0 Å². The minimum atomic E-state index is -0.836. The third kappa shape index (κ3) is 2.47. The lowest BCUT2D eigenvalue weighted by Gasteiger charge is -2.35. The Morgan fingerprint density at radius 1 is 1.30 bits per heavy atom. The number of carbonyl (C=O) groups is 1. The topological polar surface area (TPSA) is 55.8 Å². The van der Waals surface area contributed by atoms with Gasteiger partial charge in [0, 0.05) is 5.56 Å². The number of aliphatic carboxylic acids is 1. The van der Waals surface area contributed by atoms with Gasteiger partial charge in [-0.15, -0.1) is 0 Å². The number of carboxylic acid groups (broad SMARTS) is 1. The lowest BCUT2D eigenvalue weighted by Crippen LogP contribution is -2.38. The van der Waals surface area contributed by atoms with Crippen LogP contribution in [0.4, 0.5) is 0 Å². The van der Waals surface area contributed by atoms with Crippen LogP contribution in [-0.4, -0.2) is 24.8 Å². The Hall–Kier alpha value is -1.71. The summed E-state index contributed by atoms with van der Waals surface area (Å²) >= 11 is 0. The molecule has 1 aromatic rings. The van der Waals surface area contributed by atoms with Crippen LogP contribution >= 0.6 is 0 Å². The molecular weight excluding hydrogens is 256 g/mol. The van der Waals surface area contributed by atoms with Crippen molar-refractivity contribution in [3.05, 3.63) is 23.8 Å². The van der Waals surface area contributed by atoms with E-state index in [4.69, 9.17) is 9.47 Å². The quantitative estimate of drug-likeness (QED) is 0.897. The van der Waals surface area contributed by atoms with Crippen LogP contribution in [0.3, 0.4) is 0 Å². The smallest absolute Gasteiger partial charge is 0.314 e. The van der Waals surface area contributed by atoms with Gasteiger partial charge < -0.3 is 14.6 Å².